The number of nitrogens with zero attached hydrogens (tertiary/aromatic N) is 2. The van der Waals surface area contributed by atoms with Gasteiger partial charge in [0.2, 0.25) is 5.88 Å². The monoisotopic (exact) mass is 283 g/mol. The van der Waals surface area contributed by atoms with Gasteiger partial charge in [0.05, 0.1) is 5.69 Å². The van der Waals surface area contributed by atoms with Gasteiger partial charge in [-0.3, -0.25) is 0 Å². The summed E-state index contributed by atoms with van der Waals surface area (Å²) < 4.78 is 42.3. The fourth-order valence-corrected chi connectivity index (χ4v) is 1.55. The van der Waals surface area contributed by atoms with Gasteiger partial charge in [-0.15, -0.1) is 10.2 Å². The lowest BCUT2D eigenvalue weighted by molar-refractivity contribution is -0.141. The standard InChI is InChI=1S/C13H12F3N3O/c1-2-8-3-4-10(9(17)7-8)20-12-6-5-11(18-19-12)13(14,15)16/h3-7H,2,17H2,1H3. The Balaban J connectivity index is 2.18. The Morgan fingerprint density at radius 2 is 1.90 bits per heavy atom. The molecule has 0 bridgehead atoms. The summed E-state index contributed by atoms with van der Waals surface area (Å²) >= 11 is 0. The van der Waals surface area contributed by atoms with E-state index in [1.807, 2.05) is 13.0 Å². The quantitative estimate of drug-likeness (QED) is 0.877. The highest BCUT2D eigenvalue weighted by Gasteiger charge is 2.33. The lowest BCUT2D eigenvalue weighted by atomic mass is 10.1. The number of anilines is 1. The number of nitrogen functional groups attached to an aromatic ring is 1. The van der Waals surface area contributed by atoms with Crippen LogP contribution in [0, 0.1) is 0 Å². The van der Waals surface area contributed by atoms with Crippen LogP contribution in [0.3, 0.4) is 0 Å². The number of alkyl halides is 3. The third-order valence-corrected chi connectivity index (χ3v) is 2.63. The van der Waals surface area contributed by atoms with Gasteiger partial charge in [0, 0.05) is 6.07 Å². The molecule has 0 saturated heterocycles. The Morgan fingerprint density at radius 3 is 2.40 bits per heavy atom. The molecule has 20 heavy (non-hydrogen) atoms. The second kappa shape index (κ2) is 5.36. The molecule has 0 fully saturated rings. The van der Waals surface area contributed by atoms with Gasteiger partial charge >= 0.3 is 6.18 Å². The maximum atomic E-state index is 12.3. The van der Waals surface area contributed by atoms with Gasteiger partial charge in [-0.1, -0.05) is 13.0 Å². The molecule has 1 aromatic heterocycles. The molecular formula is C13H12F3N3O. The molecule has 106 valence electrons. The van der Waals surface area contributed by atoms with Gasteiger partial charge in [-0.2, -0.15) is 13.2 Å². The number of hydrogen-bond acceptors (Lipinski definition) is 4. The van der Waals surface area contributed by atoms with Gasteiger partial charge < -0.3 is 10.5 Å². The lowest BCUT2D eigenvalue weighted by Gasteiger charge is -2.09. The van der Waals surface area contributed by atoms with Crippen LogP contribution in [0.5, 0.6) is 11.6 Å². The van der Waals surface area contributed by atoms with E-state index < -0.39 is 11.9 Å². The number of aromatic nitrogens is 2. The van der Waals surface area contributed by atoms with Crippen molar-refractivity contribution in [3.63, 3.8) is 0 Å². The highest BCUT2D eigenvalue weighted by molar-refractivity contribution is 5.55. The number of rotatable bonds is 3. The van der Waals surface area contributed by atoms with E-state index >= 15 is 0 Å². The highest BCUT2D eigenvalue weighted by atomic mass is 19.4. The van der Waals surface area contributed by atoms with E-state index in [-0.39, 0.29) is 5.88 Å². The zero-order valence-electron chi connectivity index (χ0n) is 10.6. The van der Waals surface area contributed by atoms with E-state index in [9.17, 15) is 13.2 Å². The number of ether oxygens (including phenoxy) is 1. The fourth-order valence-electron chi connectivity index (χ4n) is 1.55. The molecule has 2 rings (SSSR count). The first kappa shape index (κ1) is 14.1. The van der Waals surface area contributed by atoms with Crippen molar-refractivity contribution in [3.8, 4) is 11.6 Å². The van der Waals surface area contributed by atoms with Crippen LogP contribution in [-0.4, -0.2) is 10.2 Å². The smallest absolute Gasteiger partial charge is 0.435 e. The Bertz CT molecular complexity index is 597. The summed E-state index contributed by atoms with van der Waals surface area (Å²) in [6.07, 6.45) is -3.70. The summed E-state index contributed by atoms with van der Waals surface area (Å²) in [5, 5.41) is 6.45. The molecule has 0 spiro atoms. The molecule has 0 aliphatic heterocycles. The first-order chi connectivity index (χ1) is 9.40. The first-order valence-corrected chi connectivity index (χ1v) is 5.87. The van der Waals surface area contributed by atoms with Gasteiger partial charge in [0.25, 0.3) is 0 Å². The Hall–Kier alpha value is -2.31. The topological polar surface area (TPSA) is 61.0 Å². The van der Waals surface area contributed by atoms with E-state index in [1.54, 1.807) is 12.1 Å². The zero-order valence-corrected chi connectivity index (χ0v) is 10.6. The fraction of sp³-hybridized carbons (Fsp3) is 0.231. The van der Waals surface area contributed by atoms with Crippen LogP contribution in [0.4, 0.5) is 18.9 Å². The van der Waals surface area contributed by atoms with Crippen molar-refractivity contribution in [1.29, 1.82) is 0 Å². The summed E-state index contributed by atoms with van der Waals surface area (Å²) in [7, 11) is 0. The molecule has 0 aliphatic carbocycles. The molecule has 2 aromatic rings. The number of hydrogen-bond donors (Lipinski definition) is 1. The van der Waals surface area contributed by atoms with Crippen molar-refractivity contribution >= 4 is 5.69 Å². The molecule has 1 aromatic carbocycles. The third-order valence-electron chi connectivity index (χ3n) is 2.63. The van der Waals surface area contributed by atoms with Crippen molar-refractivity contribution in [2.75, 3.05) is 5.73 Å². The normalized spacial score (nSPS) is 11.4. The second-order valence-electron chi connectivity index (χ2n) is 4.08. The molecule has 0 saturated carbocycles. The molecular weight excluding hydrogens is 271 g/mol. The van der Waals surface area contributed by atoms with Crippen molar-refractivity contribution in [2.24, 2.45) is 0 Å². The van der Waals surface area contributed by atoms with Gasteiger partial charge in [0.15, 0.2) is 11.4 Å². The number of aryl methyl sites for hydroxylation is 1. The predicted molar refractivity (Wildman–Crippen MR) is 67.3 cm³/mol. The summed E-state index contributed by atoms with van der Waals surface area (Å²) in [6, 6.07) is 7.12. The van der Waals surface area contributed by atoms with E-state index in [2.05, 4.69) is 10.2 Å². The van der Waals surface area contributed by atoms with Crippen LogP contribution in [0.2, 0.25) is 0 Å². The maximum absolute atomic E-state index is 12.3. The van der Waals surface area contributed by atoms with Crippen LogP contribution in [0.15, 0.2) is 30.3 Å². The van der Waals surface area contributed by atoms with E-state index in [4.69, 9.17) is 10.5 Å². The van der Waals surface area contributed by atoms with Crippen LogP contribution >= 0.6 is 0 Å². The molecule has 0 amide bonds. The summed E-state index contributed by atoms with van der Waals surface area (Å²) in [5.41, 5.74) is 6.15. The van der Waals surface area contributed by atoms with Crippen molar-refractivity contribution < 1.29 is 17.9 Å². The van der Waals surface area contributed by atoms with Crippen LogP contribution < -0.4 is 10.5 Å². The molecule has 0 unspecified atom stereocenters. The summed E-state index contributed by atoms with van der Waals surface area (Å²) in [4.78, 5) is 0. The Kier molecular flexibility index (Phi) is 3.78. The number of benzene rings is 1. The first-order valence-electron chi connectivity index (χ1n) is 5.87. The third kappa shape index (κ3) is 3.17. The minimum absolute atomic E-state index is 0.0473. The predicted octanol–water partition coefficient (Wildman–Crippen LogP) is 3.43. The van der Waals surface area contributed by atoms with Gasteiger partial charge in [-0.25, -0.2) is 0 Å². The molecule has 7 heteroatoms. The largest absolute Gasteiger partial charge is 0.435 e. The second-order valence-corrected chi connectivity index (χ2v) is 4.08. The molecule has 0 aliphatic rings. The molecule has 0 radical (unpaired) electrons. The Labute approximate surface area is 113 Å². The average molecular weight is 283 g/mol. The molecule has 4 nitrogen and oxygen atoms in total. The van der Waals surface area contributed by atoms with Crippen LogP contribution in [0.25, 0.3) is 0 Å². The zero-order chi connectivity index (χ0) is 14.8. The van der Waals surface area contributed by atoms with Gasteiger partial charge in [-0.05, 0) is 30.2 Å². The minimum atomic E-state index is -4.52. The maximum Gasteiger partial charge on any atom is 0.435 e. The SMILES string of the molecule is CCc1ccc(Oc2ccc(C(F)(F)F)nn2)c(N)c1. The Morgan fingerprint density at radius 1 is 1.15 bits per heavy atom. The van der Waals surface area contributed by atoms with Gasteiger partial charge in [0.1, 0.15) is 0 Å². The molecule has 1 heterocycles. The van der Waals surface area contributed by atoms with Crippen molar-refractivity contribution in [2.45, 2.75) is 19.5 Å². The number of nitrogens with two attached hydrogens (primary N) is 1. The van der Waals surface area contributed by atoms with E-state index in [1.165, 1.54) is 0 Å². The summed E-state index contributed by atoms with van der Waals surface area (Å²) in [5.74, 6) is 0.283. The molecule has 0 atom stereocenters. The van der Waals surface area contributed by atoms with Crippen molar-refractivity contribution in [3.05, 3.63) is 41.6 Å². The van der Waals surface area contributed by atoms with Crippen LogP contribution in [-0.2, 0) is 12.6 Å². The van der Waals surface area contributed by atoms with Crippen molar-refractivity contribution in [1.82, 2.24) is 10.2 Å². The minimum Gasteiger partial charge on any atom is -0.435 e. The average Bonchev–Trinajstić information content (AvgIpc) is 2.40. The molecule has 2 N–H and O–H groups in total. The van der Waals surface area contributed by atoms with Crippen LogP contribution in [0.1, 0.15) is 18.2 Å². The lowest BCUT2D eigenvalue weighted by Crippen LogP contribution is -2.09. The van der Waals surface area contributed by atoms with E-state index in [0.29, 0.717) is 11.4 Å². The highest BCUT2D eigenvalue weighted by Crippen LogP contribution is 2.30. The summed E-state index contributed by atoms with van der Waals surface area (Å²) in [6.45, 7) is 1.98. The number of halogens is 3. The van der Waals surface area contributed by atoms with E-state index in [0.717, 1.165) is 24.1 Å².